The molecule has 2 aliphatic rings. The number of nitrogens with zero attached hydrogens (tertiary/aromatic N) is 1. The average Bonchev–Trinajstić information content (AvgIpc) is 3.55. The van der Waals surface area contributed by atoms with E-state index in [0.717, 1.165) is 27.9 Å². The second-order valence-corrected chi connectivity index (χ2v) is 16.0. The fourth-order valence-electron chi connectivity index (χ4n) is 6.42. The standard InChI is InChI=1S/C37H49N7O6S2/c1-24(2)16-30-33(47)41-31(17-25-18-39-29-9-4-3-8-28(25)29)34(48)44-36(21-38,22-45)23-52-20-27-7-5-6-26(40-27)19-51-15-10-32(46)43-37(35(49)42-30)11-13-50-14-12-37/h3-9,18,22,24,30-31,39H,10-17,19-21,23,38H2,1-2H3,(H,41,47)(H,42,49)(H,43,46)(H,44,48)/t30-,31-,36-/m0/s1. The van der Waals surface area contributed by atoms with Crippen LogP contribution in [0, 0.1) is 5.92 Å². The summed E-state index contributed by atoms with van der Waals surface area (Å²) in [7, 11) is 0. The van der Waals surface area contributed by atoms with Gasteiger partial charge in [0.05, 0.1) is 11.4 Å². The highest BCUT2D eigenvalue weighted by Gasteiger charge is 2.43. The first-order valence-corrected chi connectivity index (χ1v) is 20.0. The highest BCUT2D eigenvalue weighted by atomic mass is 32.2. The highest BCUT2D eigenvalue weighted by Crippen LogP contribution is 2.24. The van der Waals surface area contributed by atoms with Crippen LogP contribution in [-0.2, 0) is 46.6 Å². The molecule has 0 unspecified atom stereocenters. The van der Waals surface area contributed by atoms with Crippen molar-refractivity contribution in [3.8, 4) is 0 Å². The molecule has 52 heavy (non-hydrogen) atoms. The lowest BCUT2D eigenvalue weighted by Crippen LogP contribution is -2.65. The van der Waals surface area contributed by atoms with Crippen LogP contribution in [0.3, 0.4) is 0 Å². The number of aromatic amines is 1. The van der Waals surface area contributed by atoms with Gasteiger partial charge in [0.15, 0.2) is 0 Å². The maximum atomic E-state index is 14.2. The van der Waals surface area contributed by atoms with Gasteiger partial charge in [0.1, 0.15) is 29.4 Å². The quantitative estimate of drug-likeness (QED) is 0.204. The van der Waals surface area contributed by atoms with Crippen LogP contribution < -0.4 is 27.0 Å². The molecule has 5 rings (SSSR count). The largest absolute Gasteiger partial charge is 0.381 e. The van der Waals surface area contributed by atoms with Crippen molar-refractivity contribution < 1.29 is 28.7 Å². The van der Waals surface area contributed by atoms with E-state index in [9.17, 15) is 24.0 Å². The molecule has 1 fully saturated rings. The number of nitrogens with two attached hydrogens (primary N) is 1. The molecule has 2 aromatic heterocycles. The second-order valence-electron chi connectivity index (χ2n) is 13.9. The van der Waals surface area contributed by atoms with Crippen molar-refractivity contribution >= 4 is 64.3 Å². The number of nitrogens with one attached hydrogen (secondary N) is 5. The van der Waals surface area contributed by atoms with Crippen molar-refractivity contribution in [2.24, 2.45) is 11.7 Å². The number of aldehydes is 1. The molecule has 13 nitrogen and oxygen atoms in total. The number of carbonyl (C=O) groups excluding carboxylic acids is 5. The van der Waals surface area contributed by atoms with E-state index in [-0.39, 0.29) is 69.4 Å². The molecule has 4 amide bonds. The molecular formula is C37H49N7O6S2. The van der Waals surface area contributed by atoms with Crippen molar-refractivity contribution in [3.63, 3.8) is 0 Å². The zero-order chi connectivity index (χ0) is 37.1. The third-order valence-corrected chi connectivity index (χ3v) is 11.6. The molecule has 2 aliphatic heterocycles. The van der Waals surface area contributed by atoms with Gasteiger partial charge in [-0.25, -0.2) is 0 Å². The van der Waals surface area contributed by atoms with Gasteiger partial charge in [-0.15, -0.1) is 0 Å². The number of benzene rings is 1. The molecular weight excluding hydrogens is 703 g/mol. The molecule has 15 heteroatoms. The van der Waals surface area contributed by atoms with Crippen molar-refractivity contribution in [1.29, 1.82) is 0 Å². The summed E-state index contributed by atoms with van der Waals surface area (Å²) in [5.41, 5.74) is 6.80. The zero-order valence-corrected chi connectivity index (χ0v) is 31.3. The Bertz CT molecular complexity index is 1730. The van der Waals surface area contributed by atoms with Gasteiger partial charge in [-0.2, -0.15) is 23.5 Å². The Morgan fingerprint density at radius 2 is 1.67 bits per heavy atom. The van der Waals surface area contributed by atoms with Gasteiger partial charge in [0, 0.05) is 85.6 Å². The van der Waals surface area contributed by atoms with Crippen LogP contribution in [-0.4, -0.2) is 94.3 Å². The summed E-state index contributed by atoms with van der Waals surface area (Å²) in [4.78, 5) is 76.3. The number of fused-ring (bicyclic) bond motifs is 3. The molecule has 0 aliphatic carbocycles. The highest BCUT2D eigenvalue weighted by molar-refractivity contribution is 7.98. The number of rotatable bonds is 6. The molecule has 1 aromatic carbocycles. The minimum atomic E-state index is -1.41. The SMILES string of the molecule is CC(C)C[C@@H]1NC(=O)C2(CCOCC2)NC(=O)CCSCc2cccc(n2)CSC[C@@](C=O)(CN)NC(=O)[C@H](Cc2c[nH]c3ccccc23)NC1=O. The molecule has 280 valence electrons. The predicted octanol–water partition coefficient (Wildman–Crippen LogP) is 2.37. The van der Waals surface area contributed by atoms with Crippen LogP contribution in [0.5, 0.6) is 0 Å². The van der Waals surface area contributed by atoms with Gasteiger partial charge in [-0.05, 0) is 36.1 Å². The van der Waals surface area contributed by atoms with Crippen LogP contribution in [0.15, 0.2) is 48.7 Å². The molecule has 0 radical (unpaired) electrons. The fourth-order valence-corrected chi connectivity index (χ4v) is 8.36. The maximum absolute atomic E-state index is 14.2. The number of hydrogen-bond acceptors (Lipinski definition) is 10. The van der Waals surface area contributed by atoms with E-state index >= 15 is 0 Å². The normalized spacial score (nSPS) is 24.2. The first kappa shape index (κ1) is 39.3. The zero-order valence-electron chi connectivity index (χ0n) is 29.7. The van der Waals surface area contributed by atoms with Gasteiger partial charge in [0.2, 0.25) is 23.6 Å². The molecule has 2 bridgehead atoms. The van der Waals surface area contributed by atoms with Crippen LogP contribution in [0.25, 0.3) is 10.9 Å². The smallest absolute Gasteiger partial charge is 0.246 e. The van der Waals surface area contributed by atoms with Gasteiger partial charge in [-0.3, -0.25) is 24.2 Å². The molecule has 0 saturated carbocycles. The number of thioether (sulfide) groups is 2. The van der Waals surface area contributed by atoms with E-state index in [4.69, 9.17) is 15.5 Å². The Balaban J connectivity index is 1.48. The Labute approximate surface area is 312 Å². The summed E-state index contributed by atoms with van der Waals surface area (Å²) in [5, 5.41) is 12.6. The van der Waals surface area contributed by atoms with Crippen LogP contribution in [0.4, 0.5) is 0 Å². The Hall–Kier alpha value is -3.92. The van der Waals surface area contributed by atoms with Crippen molar-refractivity contribution in [1.82, 2.24) is 31.2 Å². The van der Waals surface area contributed by atoms with Gasteiger partial charge in [-0.1, -0.05) is 38.1 Å². The minimum Gasteiger partial charge on any atom is -0.381 e. The first-order chi connectivity index (χ1) is 25.0. The third-order valence-electron chi connectivity index (χ3n) is 9.38. The Morgan fingerprint density at radius 3 is 2.38 bits per heavy atom. The van der Waals surface area contributed by atoms with Crippen LogP contribution in [0.1, 0.15) is 56.5 Å². The van der Waals surface area contributed by atoms with Crippen molar-refractivity contribution in [3.05, 3.63) is 65.6 Å². The van der Waals surface area contributed by atoms with Crippen molar-refractivity contribution in [2.75, 3.05) is 31.3 Å². The number of hydrogen-bond donors (Lipinski definition) is 6. The molecule has 1 saturated heterocycles. The summed E-state index contributed by atoms with van der Waals surface area (Å²) in [6.07, 6.45) is 3.53. The van der Waals surface area contributed by atoms with E-state index in [1.165, 1.54) is 11.8 Å². The predicted molar refractivity (Wildman–Crippen MR) is 203 cm³/mol. The fraction of sp³-hybridized carbons (Fsp3) is 0.514. The topological polar surface area (TPSA) is 197 Å². The lowest BCUT2D eigenvalue weighted by Gasteiger charge is -2.38. The van der Waals surface area contributed by atoms with Crippen molar-refractivity contribution in [2.45, 2.75) is 80.6 Å². The molecule has 3 aromatic rings. The van der Waals surface area contributed by atoms with E-state index in [2.05, 4.69) is 26.3 Å². The van der Waals surface area contributed by atoms with E-state index in [0.29, 0.717) is 23.5 Å². The number of aromatic nitrogens is 2. The summed E-state index contributed by atoms with van der Waals surface area (Å²) in [6.45, 7) is 4.26. The van der Waals surface area contributed by atoms with E-state index in [1.54, 1.807) is 18.0 Å². The van der Waals surface area contributed by atoms with E-state index < -0.39 is 40.9 Å². The summed E-state index contributed by atoms with van der Waals surface area (Å²) in [6, 6.07) is 11.2. The third kappa shape index (κ3) is 10.1. The molecule has 3 atom stereocenters. The van der Waals surface area contributed by atoms with Gasteiger partial charge >= 0.3 is 0 Å². The molecule has 1 spiro atoms. The second kappa shape index (κ2) is 18.2. The average molecular weight is 752 g/mol. The minimum absolute atomic E-state index is 0.00112. The Morgan fingerprint density at radius 1 is 0.942 bits per heavy atom. The lowest BCUT2D eigenvalue weighted by molar-refractivity contribution is -0.140. The lowest BCUT2D eigenvalue weighted by atomic mass is 9.87. The Kier molecular flexibility index (Phi) is 13.8. The van der Waals surface area contributed by atoms with Gasteiger partial charge in [0.25, 0.3) is 0 Å². The number of pyridine rings is 1. The van der Waals surface area contributed by atoms with Gasteiger partial charge < -0.3 is 41.5 Å². The molecule has 7 N–H and O–H groups in total. The number of amides is 4. The summed E-state index contributed by atoms with van der Waals surface area (Å²) < 4.78 is 5.56. The number of H-pyrrole nitrogens is 1. The summed E-state index contributed by atoms with van der Waals surface area (Å²) in [5.74, 6) is -0.107. The first-order valence-electron chi connectivity index (χ1n) is 17.7. The number of carbonyl (C=O) groups is 5. The monoisotopic (exact) mass is 751 g/mol. The van der Waals surface area contributed by atoms with E-state index in [1.807, 2.05) is 56.3 Å². The van der Waals surface area contributed by atoms with Crippen LogP contribution in [0.2, 0.25) is 0 Å². The molecule has 4 heterocycles. The number of ether oxygens (including phenoxy) is 1. The maximum Gasteiger partial charge on any atom is 0.246 e. The summed E-state index contributed by atoms with van der Waals surface area (Å²) >= 11 is 2.98. The van der Waals surface area contributed by atoms with Crippen LogP contribution >= 0.6 is 23.5 Å². The number of para-hydroxylation sites is 1.